The third-order valence-electron chi connectivity index (χ3n) is 3.18. The molecule has 0 aliphatic rings. The highest BCUT2D eigenvalue weighted by Crippen LogP contribution is 2.14. The van der Waals surface area contributed by atoms with Crippen LogP contribution in [0.2, 0.25) is 0 Å². The van der Waals surface area contributed by atoms with Gasteiger partial charge >= 0.3 is 0 Å². The fourth-order valence-electron chi connectivity index (χ4n) is 1.79. The fraction of sp³-hybridized carbons (Fsp3) is 0.625. The summed E-state index contributed by atoms with van der Waals surface area (Å²) in [5, 5.41) is 0. The lowest BCUT2D eigenvalue weighted by molar-refractivity contribution is 0.0337. The van der Waals surface area contributed by atoms with Crippen LogP contribution >= 0.6 is 0 Å². The third-order valence-corrected chi connectivity index (χ3v) is 3.18. The van der Waals surface area contributed by atoms with Crippen LogP contribution in [0.3, 0.4) is 0 Å². The number of nitrogens with two attached hydrogens (primary N) is 1. The molecule has 0 amide bonds. The summed E-state index contributed by atoms with van der Waals surface area (Å²) in [5.41, 5.74) is 8.11. The molecule has 4 heteroatoms. The normalized spacial score (nSPS) is 12.6. The molecule has 1 unspecified atom stereocenters. The van der Waals surface area contributed by atoms with Crippen LogP contribution in [0, 0.1) is 0 Å². The van der Waals surface area contributed by atoms with Gasteiger partial charge in [-0.3, -0.25) is 0 Å². The molecule has 0 saturated carbocycles. The topological polar surface area (TPSA) is 53.7 Å². The van der Waals surface area contributed by atoms with Gasteiger partial charge in [-0.05, 0) is 30.0 Å². The van der Waals surface area contributed by atoms with Crippen LogP contribution in [-0.2, 0) is 20.8 Å². The zero-order valence-corrected chi connectivity index (χ0v) is 12.6. The van der Waals surface area contributed by atoms with Crippen molar-refractivity contribution in [1.82, 2.24) is 0 Å². The second kappa shape index (κ2) is 10.8. The molecule has 20 heavy (non-hydrogen) atoms. The number of hydrogen-bond acceptors (Lipinski definition) is 4. The average Bonchev–Trinajstić information content (AvgIpc) is 2.50. The molecule has 2 N–H and O–H groups in total. The van der Waals surface area contributed by atoms with Gasteiger partial charge in [-0.25, -0.2) is 0 Å². The molecule has 1 rings (SSSR count). The molecule has 0 bridgehead atoms. The highest BCUT2D eigenvalue weighted by Gasteiger charge is 2.02. The number of hydrogen-bond donors (Lipinski definition) is 1. The predicted molar refractivity (Wildman–Crippen MR) is 80.9 cm³/mol. The van der Waals surface area contributed by atoms with Crippen molar-refractivity contribution in [3.8, 4) is 0 Å². The Bertz CT molecular complexity index is 340. The van der Waals surface area contributed by atoms with Gasteiger partial charge in [0.15, 0.2) is 0 Å². The lowest BCUT2D eigenvalue weighted by atomic mass is 10.0. The fourth-order valence-corrected chi connectivity index (χ4v) is 1.79. The van der Waals surface area contributed by atoms with Crippen molar-refractivity contribution in [1.29, 1.82) is 0 Å². The summed E-state index contributed by atoms with van der Waals surface area (Å²) in [7, 11) is 1.70. The van der Waals surface area contributed by atoms with E-state index >= 15 is 0 Å². The maximum atomic E-state index is 5.65. The molecular weight excluding hydrogens is 254 g/mol. The molecule has 0 aliphatic heterocycles. The van der Waals surface area contributed by atoms with Crippen molar-refractivity contribution >= 4 is 0 Å². The van der Waals surface area contributed by atoms with E-state index in [2.05, 4.69) is 31.2 Å². The minimum atomic E-state index is 0.408. The van der Waals surface area contributed by atoms with Gasteiger partial charge in [-0.15, -0.1) is 0 Å². The highest BCUT2D eigenvalue weighted by atomic mass is 16.5. The Morgan fingerprint density at radius 2 is 1.70 bits per heavy atom. The summed E-state index contributed by atoms with van der Waals surface area (Å²) in [6, 6.07) is 8.44. The van der Waals surface area contributed by atoms with E-state index in [0.29, 0.717) is 32.3 Å². The maximum Gasteiger partial charge on any atom is 0.0718 e. The lowest BCUT2D eigenvalue weighted by Gasteiger charge is -2.10. The molecule has 0 heterocycles. The van der Waals surface area contributed by atoms with Gasteiger partial charge in [0.05, 0.1) is 19.8 Å². The van der Waals surface area contributed by atoms with Crippen molar-refractivity contribution in [3.05, 3.63) is 35.4 Å². The first kappa shape index (κ1) is 17.1. The summed E-state index contributed by atoms with van der Waals surface area (Å²) in [6.45, 7) is 6.15. The van der Waals surface area contributed by atoms with Crippen LogP contribution in [0.4, 0.5) is 0 Å². The lowest BCUT2D eigenvalue weighted by Crippen LogP contribution is -2.09. The number of rotatable bonds is 11. The quantitative estimate of drug-likeness (QED) is 0.632. The Balaban J connectivity index is 2.10. The summed E-state index contributed by atoms with van der Waals surface area (Å²) in [5.74, 6) is 0.408. The van der Waals surface area contributed by atoms with Crippen LogP contribution < -0.4 is 5.73 Å². The average molecular weight is 281 g/mol. The number of methoxy groups -OCH3 is 1. The van der Waals surface area contributed by atoms with E-state index < -0.39 is 0 Å². The Hall–Kier alpha value is -0.940. The van der Waals surface area contributed by atoms with Gasteiger partial charge in [0, 0.05) is 20.3 Å². The summed E-state index contributed by atoms with van der Waals surface area (Å²) < 4.78 is 15.9. The molecular formula is C16H27NO3. The molecule has 4 nitrogen and oxygen atoms in total. The van der Waals surface area contributed by atoms with Gasteiger partial charge in [0.25, 0.3) is 0 Å². The molecule has 114 valence electrons. The van der Waals surface area contributed by atoms with Crippen LogP contribution in [0.25, 0.3) is 0 Å². The van der Waals surface area contributed by atoms with Crippen LogP contribution in [0.5, 0.6) is 0 Å². The second-order valence-electron chi connectivity index (χ2n) is 4.89. The zero-order chi connectivity index (χ0) is 14.6. The van der Waals surface area contributed by atoms with Crippen molar-refractivity contribution in [3.63, 3.8) is 0 Å². The van der Waals surface area contributed by atoms with Crippen molar-refractivity contribution < 1.29 is 14.2 Å². The van der Waals surface area contributed by atoms with E-state index in [0.717, 1.165) is 19.6 Å². The molecule has 1 aromatic rings. The molecule has 1 atom stereocenters. The van der Waals surface area contributed by atoms with Gasteiger partial charge < -0.3 is 19.9 Å². The Labute approximate surface area is 122 Å². The van der Waals surface area contributed by atoms with E-state index in [-0.39, 0.29) is 0 Å². The number of benzene rings is 1. The first-order valence-corrected chi connectivity index (χ1v) is 7.21. The largest absolute Gasteiger partial charge is 0.385 e. The smallest absolute Gasteiger partial charge is 0.0718 e. The monoisotopic (exact) mass is 281 g/mol. The Kier molecular flexibility index (Phi) is 9.24. The van der Waals surface area contributed by atoms with Crippen LogP contribution in [0.1, 0.15) is 30.4 Å². The molecule has 0 spiro atoms. The third kappa shape index (κ3) is 7.01. The Morgan fingerprint density at radius 3 is 2.35 bits per heavy atom. The number of ether oxygens (including phenoxy) is 3. The molecule has 0 aromatic heterocycles. The van der Waals surface area contributed by atoms with E-state index in [1.165, 1.54) is 11.1 Å². The minimum Gasteiger partial charge on any atom is -0.385 e. The first-order valence-electron chi connectivity index (χ1n) is 7.21. The van der Waals surface area contributed by atoms with Gasteiger partial charge in [-0.2, -0.15) is 0 Å². The maximum absolute atomic E-state index is 5.65. The molecule has 0 radical (unpaired) electrons. The Morgan fingerprint density at radius 1 is 1.00 bits per heavy atom. The second-order valence-corrected chi connectivity index (χ2v) is 4.89. The highest BCUT2D eigenvalue weighted by molar-refractivity contribution is 5.24. The zero-order valence-electron chi connectivity index (χ0n) is 12.6. The molecule has 0 aliphatic carbocycles. The SMILES string of the molecule is COCCCOCCOCc1ccc(C(C)CN)cc1. The predicted octanol–water partition coefficient (Wildman–Crippen LogP) is 2.32. The minimum absolute atomic E-state index is 0.408. The van der Waals surface area contributed by atoms with Gasteiger partial charge in [0.1, 0.15) is 0 Å². The van der Waals surface area contributed by atoms with Crippen LogP contribution in [-0.4, -0.2) is 40.1 Å². The molecule has 0 saturated heterocycles. The van der Waals surface area contributed by atoms with Gasteiger partial charge in [0.2, 0.25) is 0 Å². The molecule has 0 fully saturated rings. The van der Waals surface area contributed by atoms with E-state index in [9.17, 15) is 0 Å². The van der Waals surface area contributed by atoms with E-state index in [1.54, 1.807) is 7.11 Å². The summed E-state index contributed by atoms with van der Waals surface area (Å²) in [6.07, 6.45) is 0.928. The van der Waals surface area contributed by atoms with E-state index in [4.69, 9.17) is 19.9 Å². The van der Waals surface area contributed by atoms with Gasteiger partial charge in [-0.1, -0.05) is 31.2 Å². The summed E-state index contributed by atoms with van der Waals surface area (Å²) in [4.78, 5) is 0. The van der Waals surface area contributed by atoms with Crippen LogP contribution in [0.15, 0.2) is 24.3 Å². The van der Waals surface area contributed by atoms with E-state index in [1.807, 2.05) is 0 Å². The standard InChI is InChI=1S/C16H27NO3/c1-14(12-17)16-6-4-15(5-7-16)13-20-11-10-19-9-3-8-18-2/h4-7,14H,3,8-13,17H2,1-2H3. The van der Waals surface area contributed by atoms with Crippen molar-refractivity contribution in [2.75, 3.05) is 40.1 Å². The first-order chi connectivity index (χ1) is 9.77. The molecule has 1 aromatic carbocycles. The van der Waals surface area contributed by atoms with Crippen molar-refractivity contribution in [2.45, 2.75) is 25.9 Å². The summed E-state index contributed by atoms with van der Waals surface area (Å²) >= 11 is 0. The van der Waals surface area contributed by atoms with Crippen molar-refractivity contribution in [2.24, 2.45) is 5.73 Å².